The maximum atomic E-state index is 12.4. The lowest BCUT2D eigenvalue weighted by Crippen LogP contribution is -2.16. The number of anilines is 1. The highest BCUT2D eigenvalue weighted by Crippen LogP contribution is 2.39. The molecule has 6 nitrogen and oxygen atoms in total. The van der Waals surface area contributed by atoms with Crippen LogP contribution in [0.5, 0.6) is 0 Å². The van der Waals surface area contributed by atoms with E-state index in [9.17, 15) is 9.59 Å². The highest BCUT2D eigenvalue weighted by Gasteiger charge is 2.23. The summed E-state index contributed by atoms with van der Waals surface area (Å²) in [5.74, 6) is -0.593. The van der Waals surface area contributed by atoms with Gasteiger partial charge in [-0.3, -0.25) is 4.79 Å². The minimum absolute atomic E-state index is 0.171. The zero-order valence-electron chi connectivity index (χ0n) is 14.6. The second-order valence-electron chi connectivity index (χ2n) is 5.48. The molecule has 1 amide bonds. The van der Waals surface area contributed by atoms with Crippen LogP contribution in [0.15, 0.2) is 47.2 Å². The van der Waals surface area contributed by atoms with Crippen molar-refractivity contribution in [2.24, 2.45) is 7.05 Å². The van der Waals surface area contributed by atoms with Crippen LogP contribution in [0.4, 0.5) is 5.00 Å². The van der Waals surface area contributed by atoms with E-state index >= 15 is 0 Å². The van der Waals surface area contributed by atoms with Crippen LogP contribution in [0.1, 0.15) is 10.4 Å². The predicted molar refractivity (Wildman–Crippen MR) is 109 cm³/mol. The Balaban J connectivity index is 1.83. The average Bonchev–Trinajstić information content (AvgIpc) is 3.26. The zero-order valence-corrected chi connectivity index (χ0v) is 17.0. The molecule has 1 N–H and O–H groups in total. The molecule has 0 bridgehead atoms. The van der Waals surface area contributed by atoms with Crippen molar-refractivity contribution in [3.05, 3.63) is 52.6 Å². The van der Waals surface area contributed by atoms with Gasteiger partial charge in [0, 0.05) is 41.0 Å². The van der Waals surface area contributed by atoms with Crippen LogP contribution in [0.3, 0.4) is 0 Å². The SMILES string of the molecule is COC(=O)c1c(-c2ccccc2Cl)csc1NC(=O)CSc1nccn1C. The van der Waals surface area contributed by atoms with Crippen molar-refractivity contribution in [3.63, 3.8) is 0 Å². The van der Waals surface area contributed by atoms with Gasteiger partial charge in [-0.1, -0.05) is 41.6 Å². The Morgan fingerprint density at radius 1 is 1.33 bits per heavy atom. The van der Waals surface area contributed by atoms with E-state index in [0.717, 1.165) is 5.16 Å². The molecule has 0 unspecified atom stereocenters. The molecule has 0 aliphatic carbocycles. The lowest BCUT2D eigenvalue weighted by atomic mass is 10.0. The summed E-state index contributed by atoms with van der Waals surface area (Å²) in [6, 6.07) is 7.21. The van der Waals surface area contributed by atoms with Gasteiger partial charge in [0.1, 0.15) is 10.6 Å². The van der Waals surface area contributed by atoms with Crippen molar-refractivity contribution in [1.82, 2.24) is 9.55 Å². The first-order chi connectivity index (χ1) is 13.0. The van der Waals surface area contributed by atoms with E-state index in [0.29, 0.717) is 26.7 Å². The Labute approximate surface area is 169 Å². The Morgan fingerprint density at radius 2 is 2.11 bits per heavy atom. The third kappa shape index (κ3) is 4.35. The molecule has 2 aromatic heterocycles. The molecule has 3 aromatic rings. The monoisotopic (exact) mass is 421 g/mol. The highest BCUT2D eigenvalue weighted by molar-refractivity contribution is 7.99. The number of esters is 1. The smallest absolute Gasteiger partial charge is 0.341 e. The summed E-state index contributed by atoms with van der Waals surface area (Å²) in [6.45, 7) is 0. The molecule has 1 aromatic carbocycles. The summed E-state index contributed by atoms with van der Waals surface area (Å²) in [5.41, 5.74) is 1.63. The topological polar surface area (TPSA) is 73.2 Å². The van der Waals surface area contributed by atoms with E-state index in [2.05, 4.69) is 10.3 Å². The molecule has 0 aliphatic heterocycles. The van der Waals surface area contributed by atoms with Gasteiger partial charge in [0.05, 0.1) is 12.9 Å². The number of halogens is 1. The largest absolute Gasteiger partial charge is 0.465 e. The van der Waals surface area contributed by atoms with Crippen molar-refractivity contribution in [2.45, 2.75) is 5.16 Å². The summed E-state index contributed by atoms with van der Waals surface area (Å²) in [7, 11) is 3.16. The van der Waals surface area contributed by atoms with E-state index in [1.165, 1.54) is 30.2 Å². The van der Waals surface area contributed by atoms with Crippen LogP contribution < -0.4 is 5.32 Å². The van der Waals surface area contributed by atoms with Crippen LogP contribution in [-0.2, 0) is 16.6 Å². The van der Waals surface area contributed by atoms with Gasteiger partial charge >= 0.3 is 5.97 Å². The quantitative estimate of drug-likeness (QED) is 0.474. The van der Waals surface area contributed by atoms with Gasteiger partial charge < -0.3 is 14.6 Å². The summed E-state index contributed by atoms with van der Waals surface area (Å²) in [6.07, 6.45) is 3.48. The van der Waals surface area contributed by atoms with Gasteiger partial charge in [0.25, 0.3) is 0 Å². The fraction of sp³-hybridized carbons (Fsp3) is 0.167. The minimum atomic E-state index is -0.529. The summed E-state index contributed by atoms with van der Waals surface area (Å²) >= 11 is 8.84. The Morgan fingerprint density at radius 3 is 2.78 bits per heavy atom. The Kier molecular flexibility index (Phi) is 6.20. The molecule has 0 radical (unpaired) electrons. The fourth-order valence-corrected chi connectivity index (χ4v) is 4.35. The second kappa shape index (κ2) is 8.60. The molecule has 9 heteroatoms. The third-order valence-corrected chi connectivity index (χ3v) is 5.99. The van der Waals surface area contributed by atoms with Crippen molar-refractivity contribution >= 4 is 51.6 Å². The number of imidazole rings is 1. The van der Waals surface area contributed by atoms with Gasteiger partial charge in [0.15, 0.2) is 5.16 Å². The molecule has 0 spiro atoms. The van der Waals surface area contributed by atoms with E-state index in [4.69, 9.17) is 16.3 Å². The Hall–Kier alpha value is -2.29. The number of hydrogen-bond acceptors (Lipinski definition) is 6. The number of amides is 1. The number of aryl methyl sites for hydroxylation is 1. The van der Waals surface area contributed by atoms with Gasteiger partial charge in [-0.15, -0.1) is 11.3 Å². The first kappa shape index (κ1) is 19.5. The van der Waals surface area contributed by atoms with Crippen LogP contribution in [0.2, 0.25) is 5.02 Å². The van der Waals surface area contributed by atoms with E-state index < -0.39 is 5.97 Å². The first-order valence-electron chi connectivity index (χ1n) is 7.86. The summed E-state index contributed by atoms with van der Waals surface area (Å²) < 4.78 is 6.74. The lowest BCUT2D eigenvalue weighted by Gasteiger charge is -2.08. The Bertz CT molecular complexity index is 984. The van der Waals surface area contributed by atoms with Crippen molar-refractivity contribution in [3.8, 4) is 11.1 Å². The van der Waals surface area contributed by atoms with Crippen LogP contribution in [-0.4, -0.2) is 34.3 Å². The number of rotatable bonds is 6. The van der Waals surface area contributed by atoms with Crippen molar-refractivity contribution < 1.29 is 14.3 Å². The number of thioether (sulfide) groups is 1. The number of ether oxygens (including phenoxy) is 1. The number of hydrogen-bond donors (Lipinski definition) is 1. The van der Waals surface area contributed by atoms with Crippen LogP contribution >= 0.6 is 34.7 Å². The molecule has 0 atom stereocenters. The number of aromatic nitrogens is 2. The molecule has 27 heavy (non-hydrogen) atoms. The van der Waals surface area contributed by atoms with Crippen LogP contribution in [0, 0.1) is 0 Å². The summed E-state index contributed by atoms with van der Waals surface area (Å²) in [4.78, 5) is 28.9. The zero-order chi connectivity index (χ0) is 19.4. The molecule has 3 rings (SSSR count). The average molecular weight is 422 g/mol. The van der Waals surface area contributed by atoms with Crippen molar-refractivity contribution in [1.29, 1.82) is 0 Å². The molecular formula is C18H16ClN3O3S2. The standard InChI is InChI=1S/C18H16ClN3O3S2/c1-22-8-7-20-18(22)27-10-14(23)21-16-15(17(24)25-2)12(9-26-16)11-5-3-4-6-13(11)19/h3-9H,10H2,1-2H3,(H,21,23). The molecule has 0 saturated carbocycles. The van der Waals surface area contributed by atoms with Gasteiger partial charge in [-0.25, -0.2) is 9.78 Å². The summed E-state index contributed by atoms with van der Waals surface area (Å²) in [5, 5.41) is 6.27. The number of carbonyl (C=O) groups is 2. The third-order valence-electron chi connectivity index (χ3n) is 3.71. The molecule has 0 saturated heterocycles. The first-order valence-corrected chi connectivity index (χ1v) is 10.1. The predicted octanol–water partition coefficient (Wildman–Crippen LogP) is 4.32. The number of carbonyl (C=O) groups excluding carboxylic acids is 2. The van der Waals surface area contributed by atoms with E-state index in [-0.39, 0.29) is 11.7 Å². The second-order valence-corrected chi connectivity index (χ2v) is 7.71. The normalized spacial score (nSPS) is 10.6. The van der Waals surface area contributed by atoms with Gasteiger partial charge in [-0.2, -0.15) is 0 Å². The van der Waals surface area contributed by atoms with Gasteiger partial charge in [-0.05, 0) is 6.07 Å². The highest BCUT2D eigenvalue weighted by atomic mass is 35.5. The van der Waals surface area contributed by atoms with E-state index in [1.807, 2.05) is 36.0 Å². The van der Waals surface area contributed by atoms with Crippen LogP contribution in [0.25, 0.3) is 11.1 Å². The lowest BCUT2D eigenvalue weighted by molar-refractivity contribution is -0.113. The number of thiophene rings is 1. The molecular weight excluding hydrogens is 406 g/mol. The molecule has 140 valence electrons. The maximum absolute atomic E-state index is 12.4. The molecule has 0 fully saturated rings. The molecule has 0 aliphatic rings. The number of methoxy groups -OCH3 is 1. The maximum Gasteiger partial charge on any atom is 0.341 e. The van der Waals surface area contributed by atoms with E-state index in [1.54, 1.807) is 17.6 Å². The minimum Gasteiger partial charge on any atom is -0.465 e. The van der Waals surface area contributed by atoms with Gasteiger partial charge in [0.2, 0.25) is 5.91 Å². The molecule has 2 heterocycles. The fourth-order valence-electron chi connectivity index (χ4n) is 2.42. The number of benzene rings is 1. The number of nitrogens with zero attached hydrogens (tertiary/aromatic N) is 2. The van der Waals surface area contributed by atoms with Crippen molar-refractivity contribution in [2.75, 3.05) is 18.2 Å². The number of nitrogens with one attached hydrogen (secondary N) is 1.